The lowest BCUT2D eigenvalue weighted by Crippen LogP contribution is -2.41. The molecule has 1 aromatic heterocycles. The van der Waals surface area contributed by atoms with Gasteiger partial charge in [0.2, 0.25) is 10.0 Å². The van der Waals surface area contributed by atoms with Gasteiger partial charge in [-0.2, -0.15) is 9.40 Å². The van der Waals surface area contributed by atoms with E-state index in [-0.39, 0.29) is 11.4 Å². The zero-order chi connectivity index (χ0) is 11.8. The molecule has 0 aromatic carbocycles. The normalized spacial score (nSPS) is 23.5. The maximum absolute atomic E-state index is 12.1. The van der Waals surface area contributed by atoms with E-state index in [1.807, 2.05) is 0 Å². The largest absolute Gasteiger partial charge is 0.392 e. The van der Waals surface area contributed by atoms with E-state index in [0.717, 1.165) is 0 Å². The second-order valence-electron chi connectivity index (χ2n) is 4.01. The van der Waals surface area contributed by atoms with Crippen LogP contribution >= 0.6 is 0 Å². The van der Waals surface area contributed by atoms with Gasteiger partial charge in [-0.15, -0.1) is 0 Å². The molecule has 1 N–H and O–H groups in total. The molecule has 7 heteroatoms. The van der Waals surface area contributed by atoms with E-state index in [4.69, 9.17) is 0 Å². The first-order valence-corrected chi connectivity index (χ1v) is 6.61. The second kappa shape index (κ2) is 4.15. The molecule has 1 aliphatic heterocycles. The van der Waals surface area contributed by atoms with Crippen molar-refractivity contribution >= 4 is 10.0 Å². The average Bonchev–Trinajstić information content (AvgIpc) is 2.65. The molecule has 0 aliphatic carbocycles. The number of rotatable bonds is 2. The number of aromatic nitrogens is 2. The van der Waals surface area contributed by atoms with Crippen LogP contribution in [-0.4, -0.2) is 46.8 Å². The minimum absolute atomic E-state index is 0.178. The van der Waals surface area contributed by atoms with Crippen molar-refractivity contribution in [1.29, 1.82) is 0 Å². The Labute approximate surface area is 94.5 Å². The summed E-state index contributed by atoms with van der Waals surface area (Å²) in [5, 5.41) is 13.3. The van der Waals surface area contributed by atoms with Gasteiger partial charge < -0.3 is 5.11 Å². The monoisotopic (exact) mass is 245 g/mol. The minimum Gasteiger partial charge on any atom is -0.392 e. The molecule has 2 rings (SSSR count). The van der Waals surface area contributed by atoms with Gasteiger partial charge in [-0.3, -0.25) is 4.68 Å². The number of hydrogen-bond donors (Lipinski definition) is 1. The molecular formula is C9H15N3O3S. The highest BCUT2D eigenvalue weighted by Gasteiger charge is 2.30. The van der Waals surface area contributed by atoms with Crippen LogP contribution in [0.15, 0.2) is 17.3 Å². The Morgan fingerprint density at radius 3 is 2.88 bits per heavy atom. The third kappa shape index (κ3) is 2.11. The van der Waals surface area contributed by atoms with Crippen molar-refractivity contribution in [1.82, 2.24) is 14.1 Å². The fraction of sp³-hybridized carbons (Fsp3) is 0.667. The van der Waals surface area contributed by atoms with Gasteiger partial charge in [0.25, 0.3) is 0 Å². The molecule has 1 aliphatic rings. The standard InChI is InChI=1S/C9H15N3O3S/c1-11-7-9(5-10-11)16(14,15)12-4-2-3-8(13)6-12/h5,7-8,13H,2-4,6H2,1H3/t8-/m0/s1. The van der Waals surface area contributed by atoms with Gasteiger partial charge in [0.15, 0.2) is 0 Å². The molecule has 0 radical (unpaired) electrons. The summed E-state index contributed by atoms with van der Waals surface area (Å²) < 4.78 is 27.0. The van der Waals surface area contributed by atoms with Crippen LogP contribution in [0.5, 0.6) is 0 Å². The highest BCUT2D eigenvalue weighted by Crippen LogP contribution is 2.19. The molecule has 1 aromatic rings. The van der Waals surface area contributed by atoms with Gasteiger partial charge in [-0.1, -0.05) is 0 Å². The van der Waals surface area contributed by atoms with E-state index >= 15 is 0 Å². The molecular weight excluding hydrogens is 230 g/mol. The summed E-state index contributed by atoms with van der Waals surface area (Å²) in [6, 6.07) is 0. The number of hydrogen-bond acceptors (Lipinski definition) is 4. The summed E-state index contributed by atoms with van der Waals surface area (Å²) in [6.45, 7) is 0.644. The molecule has 0 spiro atoms. The molecule has 16 heavy (non-hydrogen) atoms. The SMILES string of the molecule is Cn1cc(S(=O)(=O)N2CCC[C@H](O)C2)cn1. The first-order chi connectivity index (χ1) is 7.50. The van der Waals surface area contributed by atoms with Gasteiger partial charge in [-0.05, 0) is 12.8 Å². The topological polar surface area (TPSA) is 75.4 Å². The molecule has 0 unspecified atom stereocenters. The molecule has 0 amide bonds. The summed E-state index contributed by atoms with van der Waals surface area (Å²) in [7, 11) is -1.81. The van der Waals surface area contributed by atoms with E-state index in [1.165, 1.54) is 21.4 Å². The number of nitrogens with zero attached hydrogens (tertiary/aromatic N) is 3. The van der Waals surface area contributed by atoms with E-state index in [2.05, 4.69) is 5.10 Å². The van der Waals surface area contributed by atoms with Crippen molar-refractivity contribution in [2.24, 2.45) is 7.05 Å². The minimum atomic E-state index is -3.48. The second-order valence-corrected chi connectivity index (χ2v) is 5.95. The Hall–Kier alpha value is -0.920. The Morgan fingerprint density at radius 1 is 1.56 bits per heavy atom. The lowest BCUT2D eigenvalue weighted by atomic mass is 10.1. The lowest BCUT2D eigenvalue weighted by Gasteiger charge is -2.28. The fourth-order valence-electron chi connectivity index (χ4n) is 1.82. The predicted molar refractivity (Wildman–Crippen MR) is 57.2 cm³/mol. The lowest BCUT2D eigenvalue weighted by molar-refractivity contribution is 0.108. The number of aryl methyl sites for hydroxylation is 1. The maximum atomic E-state index is 12.1. The molecule has 1 atom stereocenters. The first kappa shape index (κ1) is 11.6. The Balaban J connectivity index is 2.25. The summed E-state index contributed by atoms with van der Waals surface area (Å²) in [4.78, 5) is 0.184. The molecule has 6 nitrogen and oxygen atoms in total. The predicted octanol–water partition coefficient (Wildman–Crippen LogP) is -0.435. The van der Waals surface area contributed by atoms with Crippen LogP contribution in [0.3, 0.4) is 0 Å². The van der Waals surface area contributed by atoms with Crippen LogP contribution in [0.1, 0.15) is 12.8 Å². The van der Waals surface area contributed by atoms with E-state index in [0.29, 0.717) is 19.4 Å². The van der Waals surface area contributed by atoms with E-state index < -0.39 is 16.1 Å². The summed E-state index contributed by atoms with van der Waals surface area (Å²) in [5.74, 6) is 0. The molecule has 1 saturated heterocycles. The summed E-state index contributed by atoms with van der Waals surface area (Å²) in [6.07, 6.45) is 3.60. The highest BCUT2D eigenvalue weighted by molar-refractivity contribution is 7.89. The number of sulfonamides is 1. The van der Waals surface area contributed by atoms with E-state index in [1.54, 1.807) is 7.05 Å². The van der Waals surface area contributed by atoms with Crippen molar-refractivity contribution in [3.05, 3.63) is 12.4 Å². The Bertz CT molecular complexity index is 468. The quantitative estimate of drug-likeness (QED) is 0.767. The molecule has 1 fully saturated rings. The smallest absolute Gasteiger partial charge is 0.246 e. The Morgan fingerprint density at radius 2 is 2.31 bits per heavy atom. The molecule has 0 saturated carbocycles. The van der Waals surface area contributed by atoms with Gasteiger partial charge in [0, 0.05) is 26.3 Å². The van der Waals surface area contributed by atoms with Crippen LogP contribution in [-0.2, 0) is 17.1 Å². The van der Waals surface area contributed by atoms with Gasteiger partial charge in [0.05, 0.1) is 12.3 Å². The van der Waals surface area contributed by atoms with Gasteiger partial charge >= 0.3 is 0 Å². The Kier molecular flexibility index (Phi) is 3.00. The average molecular weight is 245 g/mol. The third-order valence-corrected chi connectivity index (χ3v) is 4.50. The summed E-state index contributed by atoms with van der Waals surface area (Å²) >= 11 is 0. The van der Waals surface area contributed by atoms with E-state index in [9.17, 15) is 13.5 Å². The van der Waals surface area contributed by atoms with Gasteiger partial charge in [-0.25, -0.2) is 8.42 Å². The number of aliphatic hydroxyl groups excluding tert-OH is 1. The fourth-order valence-corrected chi connectivity index (χ4v) is 3.32. The van der Waals surface area contributed by atoms with Gasteiger partial charge in [0.1, 0.15) is 4.90 Å². The van der Waals surface area contributed by atoms with Crippen molar-refractivity contribution in [3.8, 4) is 0 Å². The molecule has 90 valence electrons. The van der Waals surface area contributed by atoms with Crippen molar-refractivity contribution < 1.29 is 13.5 Å². The van der Waals surface area contributed by atoms with Crippen molar-refractivity contribution in [3.63, 3.8) is 0 Å². The highest BCUT2D eigenvalue weighted by atomic mass is 32.2. The van der Waals surface area contributed by atoms with Crippen LogP contribution in [0.4, 0.5) is 0 Å². The van der Waals surface area contributed by atoms with Crippen LogP contribution in [0.25, 0.3) is 0 Å². The number of β-amino-alcohol motifs (C(OH)–C–C–N with tert-alkyl or cyclic N) is 1. The molecule has 0 bridgehead atoms. The van der Waals surface area contributed by atoms with Crippen LogP contribution in [0, 0.1) is 0 Å². The number of aliphatic hydroxyl groups is 1. The molecule has 2 heterocycles. The third-order valence-electron chi connectivity index (χ3n) is 2.68. The van der Waals surface area contributed by atoms with Crippen molar-refractivity contribution in [2.45, 2.75) is 23.8 Å². The summed E-state index contributed by atoms with van der Waals surface area (Å²) in [5.41, 5.74) is 0. The maximum Gasteiger partial charge on any atom is 0.246 e. The van der Waals surface area contributed by atoms with Crippen LogP contribution in [0.2, 0.25) is 0 Å². The van der Waals surface area contributed by atoms with Crippen molar-refractivity contribution in [2.75, 3.05) is 13.1 Å². The van der Waals surface area contributed by atoms with Crippen LogP contribution < -0.4 is 0 Å². The zero-order valence-electron chi connectivity index (χ0n) is 9.07. The zero-order valence-corrected chi connectivity index (χ0v) is 9.89. The first-order valence-electron chi connectivity index (χ1n) is 5.17. The number of piperidine rings is 1.